The highest BCUT2D eigenvalue weighted by Crippen LogP contribution is 2.25. The first-order valence-electron chi connectivity index (χ1n) is 7.20. The Morgan fingerprint density at radius 1 is 1.14 bits per heavy atom. The van der Waals surface area contributed by atoms with Crippen LogP contribution < -0.4 is 9.64 Å². The normalized spacial score (nSPS) is 10.4. The number of anilines is 1. The number of rotatable bonds is 5. The fourth-order valence-corrected chi connectivity index (χ4v) is 2.35. The zero-order valence-corrected chi connectivity index (χ0v) is 12.5. The molecule has 0 atom stereocenters. The minimum Gasteiger partial charge on any atom is -0.489 e. The highest BCUT2D eigenvalue weighted by Gasteiger charge is 2.06. The fraction of sp³-hybridized carbons (Fsp3) is 0.158. The van der Waals surface area contributed by atoms with Crippen molar-refractivity contribution in [3.8, 4) is 18.1 Å². The number of hydrogen-bond donors (Lipinski definition) is 1. The lowest BCUT2D eigenvalue weighted by molar-refractivity contribution is 0.306. The predicted molar refractivity (Wildman–Crippen MR) is 91.2 cm³/mol. The van der Waals surface area contributed by atoms with Crippen LogP contribution in [0.2, 0.25) is 0 Å². The Morgan fingerprint density at radius 2 is 1.95 bits per heavy atom. The maximum atomic E-state index is 5.86. The second-order valence-electron chi connectivity index (χ2n) is 5.24. The van der Waals surface area contributed by atoms with E-state index in [0.717, 1.165) is 28.0 Å². The quantitative estimate of drug-likeness (QED) is 0.724. The highest BCUT2D eigenvalue weighted by atomic mass is 16.5. The van der Waals surface area contributed by atoms with Crippen molar-refractivity contribution in [2.45, 2.75) is 6.61 Å². The number of hydrogen-bond acceptors (Lipinski definition) is 2. The Bertz CT molecular complexity index is 799. The van der Waals surface area contributed by atoms with Gasteiger partial charge in [-0.15, -0.1) is 6.42 Å². The van der Waals surface area contributed by atoms with E-state index >= 15 is 0 Å². The smallest absolute Gasteiger partial charge is 0.120 e. The van der Waals surface area contributed by atoms with E-state index in [9.17, 15) is 0 Å². The number of aromatic amines is 1. The van der Waals surface area contributed by atoms with Crippen LogP contribution in [0.15, 0.2) is 54.6 Å². The number of nitrogens with zero attached hydrogens (tertiary/aromatic N) is 1. The van der Waals surface area contributed by atoms with Gasteiger partial charge in [0, 0.05) is 18.0 Å². The molecule has 3 aromatic rings. The molecule has 1 aromatic heterocycles. The molecule has 2 aromatic carbocycles. The summed E-state index contributed by atoms with van der Waals surface area (Å²) in [6, 6.07) is 18.3. The van der Waals surface area contributed by atoms with Crippen LogP contribution in [0, 0.1) is 12.3 Å². The SMILES string of the molecule is C#CCN(C)c1cc2cc(OCc3ccccc3)ccc2[nH]1. The van der Waals surface area contributed by atoms with Gasteiger partial charge in [-0.2, -0.15) is 0 Å². The van der Waals surface area contributed by atoms with Crippen molar-refractivity contribution in [2.75, 3.05) is 18.5 Å². The summed E-state index contributed by atoms with van der Waals surface area (Å²) in [4.78, 5) is 5.36. The molecule has 1 N–H and O–H groups in total. The lowest BCUT2D eigenvalue weighted by Gasteiger charge is -2.12. The van der Waals surface area contributed by atoms with E-state index in [1.807, 2.05) is 48.3 Å². The zero-order valence-electron chi connectivity index (χ0n) is 12.5. The second-order valence-corrected chi connectivity index (χ2v) is 5.24. The largest absolute Gasteiger partial charge is 0.489 e. The summed E-state index contributed by atoms with van der Waals surface area (Å²) in [6.45, 7) is 1.14. The van der Waals surface area contributed by atoms with Crippen LogP contribution >= 0.6 is 0 Å². The fourth-order valence-electron chi connectivity index (χ4n) is 2.35. The van der Waals surface area contributed by atoms with E-state index in [-0.39, 0.29) is 0 Å². The molecule has 3 rings (SSSR count). The van der Waals surface area contributed by atoms with E-state index in [1.165, 1.54) is 0 Å². The number of aromatic nitrogens is 1. The van der Waals surface area contributed by atoms with E-state index in [4.69, 9.17) is 11.2 Å². The van der Waals surface area contributed by atoms with Crippen molar-refractivity contribution in [1.29, 1.82) is 0 Å². The van der Waals surface area contributed by atoms with Crippen molar-refractivity contribution >= 4 is 16.7 Å². The van der Waals surface area contributed by atoms with Gasteiger partial charge < -0.3 is 14.6 Å². The molecule has 3 nitrogen and oxygen atoms in total. The first kappa shape index (κ1) is 14.1. The first-order chi connectivity index (χ1) is 10.8. The van der Waals surface area contributed by atoms with E-state index in [2.05, 4.69) is 29.1 Å². The molecule has 22 heavy (non-hydrogen) atoms. The van der Waals surface area contributed by atoms with Gasteiger partial charge in [-0.25, -0.2) is 0 Å². The zero-order chi connectivity index (χ0) is 15.4. The minimum atomic E-state index is 0.570. The molecule has 0 aliphatic rings. The number of nitrogens with one attached hydrogen (secondary N) is 1. The lowest BCUT2D eigenvalue weighted by atomic mass is 10.2. The van der Waals surface area contributed by atoms with Gasteiger partial charge in [0.25, 0.3) is 0 Å². The molecule has 0 fully saturated rings. The van der Waals surface area contributed by atoms with Gasteiger partial charge in [0.15, 0.2) is 0 Å². The Labute approximate surface area is 130 Å². The number of terminal acetylenes is 1. The van der Waals surface area contributed by atoms with Crippen molar-refractivity contribution in [1.82, 2.24) is 4.98 Å². The second kappa shape index (κ2) is 6.28. The van der Waals surface area contributed by atoms with Gasteiger partial charge in [0.1, 0.15) is 18.2 Å². The average Bonchev–Trinajstić information content (AvgIpc) is 2.97. The predicted octanol–water partition coefficient (Wildman–Crippen LogP) is 3.82. The summed E-state index contributed by atoms with van der Waals surface area (Å²) in [7, 11) is 1.97. The molecule has 110 valence electrons. The van der Waals surface area contributed by atoms with Gasteiger partial charge in [-0.05, 0) is 29.8 Å². The molecule has 0 bridgehead atoms. The van der Waals surface area contributed by atoms with E-state index in [0.29, 0.717) is 13.2 Å². The van der Waals surface area contributed by atoms with E-state index < -0.39 is 0 Å². The van der Waals surface area contributed by atoms with E-state index in [1.54, 1.807) is 0 Å². The maximum absolute atomic E-state index is 5.86. The Balaban J connectivity index is 1.76. The van der Waals surface area contributed by atoms with Gasteiger partial charge in [-0.3, -0.25) is 0 Å². The molecule has 0 unspecified atom stereocenters. The van der Waals surface area contributed by atoms with Crippen LogP contribution in [0.5, 0.6) is 5.75 Å². The molecule has 0 amide bonds. The molecular weight excluding hydrogens is 272 g/mol. The van der Waals surface area contributed by atoms with Crippen LogP contribution in [0.1, 0.15) is 5.56 Å². The van der Waals surface area contributed by atoms with Gasteiger partial charge >= 0.3 is 0 Å². The van der Waals surface area contributed by atoms with Crippen molar-refractivity contribution < 1.29 is 4.74 Å². The monoisotopic (exact) mass is 290 g/mol. The molecule has 1 heterocycles. The molecule has 0 spiro atoms. The molecule has 0 aliphatic carbocycles. The summed E-state index contributed by atoms with van der Waals surface area (Å²) in [6.07, 6.45) is 5.35. The van der Waals surface area contributed by atoms with Gasteiger partial charge in [-0.1, -0.05) is 36.3 Å². The van der Waals surface area contributed by atoms with Crippen molar-refractivity contribution in [2.24, 2.45) is 0 Å². The maximum Gasteiger partial charge on any atom is 0.120 e. The number of H-pyrrole nitrogens is 1. The van der Waals surface area contributed by atoms with Crippen LogP contribution in [0.25, 0.3) is 10.9 Å². The summed E-state index contributed by atoms with van der Waals surface area (Å²) in [5, 5.41) is 1.12. The summed E-state index contributed by atoms with van der Waals surface area (Å²) < 4.78 is 5.86. The third kappa shape index (κ3) is 3.07. The van der Waals surface area contributed by atoms with Gasteiger partial charge in [0.05, 0.1) is 6.54 Å². The third-order valence-electron chi connectivity index (χ3n) is 3.57. The number of ether oxygens (including phenoxy) is 1. The Hall–Kier alpha value is -2.86. The molecule has 3 heteroatoms. The first-order valence-corrected chi connectivity index (χ1v) is 7.20. The standard InChI is InChI=1S/C19H18N2O/c1-3-11-21(2)19-13-16-12-17(9-10-18(16)20-19)22-14-15-7-5-4-6-8-15/h1,4-10,12-13,20H,11,14H2,2H3. The lowest BCUT2D eigenvalue weighted by Crippen LogP contribution is -2.16. The average molecular weight is 290 g/mol. The van der Waals surface area contributed by atoms with Crippen LogP contribution in [0.4, 0.5) is 5.82 Å². The summed E-state index contributed by atoms with van der Waals surface area (Å²) >= 11 is 0. The molecule has 0 radical (unpaired) electrons. The Kier molecular flexibility index (Phi) is 4.02. The van der Waals surface area contributed by atoms with Crippen LogP contribution in [-0.4, -0.2) is 18.6 Å². The van der Waals surface area contributed by atoms with Crippen molar-refractivity contribution in [3.05, 3.63) is 60.2 Å². The van der Waals surface area contributed by atoms with Crippen LogP contribution in [0.3, 0.4) is 0 Å². The molecule has 0 aliphatic heterocycles. The topological polar surface area (TPSA) is 28.3 Å². The van der Waals surface area contributed by atoms with Crippen molar-refractivity contribution in [3.63, 3.8) is 0 Å². The molecular formula is C19H18N2O. The van der Waals surface area contributed by atoms with Gasteiger partial charge in [0.2, 0.25) is 0 Å². The third-order valence-corrected chi connectivity index (χ3v) is 3.57. The summed E-state index contributed by atoms with van der Waals surface area (Å²) in [5.41, 5.74) is 2.23. The summed E-state index contributed by atoms with van der Waals surface area (Å²) in [5.74, 6) is 4.51. The molecule has 0 saturated heterocycles. The number of fused-ring (bicyclic) bond motifs is 1. The molecule has 0 saturated carbocycles. The van der Waals surface area contributed by atoms with Crippen LogP contribution in [-0.2, 0) is 6.61 Å². The Morgan fingerprint density at radius 3 is 2.73 bits per heavy atom. The minimum absolute atomic E-state index is 0.570. The number of benzene rings is 2. The highest BCUT2D eigenvalue weighted by molar-refractivity contribution is 5.85.